The largest absolute Gasteiger partial charge is 0.508 e. The minimum absolute atomic E-state index is 0.221. The Morgan fingerprint density at radius 1 is 1.50 bits per heavy atom. The van der Waals surface area contributed by atoms with E-state index < -0.39 is 0 Å². The monoisotopic (exact) mass is 223 g/mol. The Hall–Kier alpha value is -1.26. The van der Waals surface area contributed by atoms with Crippen LogP contribution in [0.15, 0.2) is 18.2 Å². The number of hydrogen-bond acceptors (Lipinski definition) is 4. The van der Waals surface area contributed by atoms with Crippen LogP contribution in [-0.4, -0.2) is 30.0 Å². The Kier molecular flexibility index (Phi) is 2.78. The fraction of sp³-hybridized carbons (Fsp3) is 0.500. The molecule has 1 aliphatic carbocycles. The Morgan fingerprint density at radius 3 is 2.69 bits per heavy atom. The molecule has 1 aromatic rings. The van der Waals surface area contributed by atoms with Crippen LogP contribution in [0, 0.1) is 0 Å². The van der Waals surface area contributed by atoms with Crippen molar-refractivity contribution in [2.75, 3.05) is 13.7 Å². The van der Waals surface area contributed by atoms with Gasteiger partial charge in [-0.05, 0) is 31.0 Å². The number of ether oxygens (including phenoxy) is 1. The molecule has 1 saturated carbocycles. The molecule has 0 spiro atoms. The Morgan fingerprint density at radius 2 is 2.19 bits per heavy atom. The van der Waals surface area contributed by atoms with Crippen LogP contribution >= 0.6 is 0 Å². The summed E-state index contributed by atoms with van der Waals surface area (Å²) in [6, 6.07) is 5.11. The maximum Gasteiger partial charge on any atom is 0.119 e. The lowest BCUT2D eigenvalue weighted by Gasteiger charge is -2.45. The summed E-state index contributed by atoms with van der Waals surface area (Å²) in [7, 11) is 1.58. The molecule has 1 aromatic carbocycles. The molecule has 0 saturated heterocycles. The van der Waals surface area contributed by atoms with E-state index in [-0.39, 0.29) is 17.3 Å². The first kappa shape index (κ1) is 11.2. The quantitative estimate of drug-likeness (QED) is 0.707. The van der Waals surface area contributed by atoms with Gasteiger partial charge in [0.15, 0.2) is 0 Å². The highest BCUT2D eigenvalue weighted by Gasteiger charge is 2.45. The van der Waals surface area contributed by atoms with E-state index in [9.17, 15) is 10.2 Å². The van der Waals surface area contributed by atoms with E-state index in [1.54, 1.807) is 25.3 Å². The fourth-order valence-electron chi connectivity index (χ4n) is 2.41. The van der Waals surface area contributed by atoms with Crippen molar-refractivity contribution in [3.05, 3.63) is 23.8 Å². The Labute approximate surface area is 94.7 Å². The summed E-state index contributed by atoms with van der Waals surface area (Å²) in [6.45, 7) is 0.421. The zero-order valence-electron chi connectivity index (χ0n) is 9.31. The second-order valence-corrected chi connectivity index (χ2v) is 4.43. The lowest BCUT2D eigenvalue weighted by atomic mass is 9.62. The number of nitrogens with two attached hydrogens (primary N) is 1. The van der Waals surface area contributed by atoms with Gasteiger partial charge in [0.25, 0.3) is 0 Å². The Bertz CT molecular complexity index is 386. The zero-order valence-corrected chi connectivity index (χ0v) is 9.31. The van der Waals surface area contributed by atoms with E-state index >= 15 is 0 Å². The van der Waals surface area contributed by atoms with Gasteiger partial charge in [-0.1, -0.05) is 0 Å². The van der Waals surface area contributed by atoms with E-state index in [2.05, 4.69) is 0 Å². The smallest absolute Gasteiger partial charge is 0.119 e. The standard InChI is InChI=1S/C12H17NO3/c1-16-9-2-3-11(15)10(4-9)12(7-13)5-8(14)6-12/h2-4,8,14-15H,5-7,13H2,1H3. The minimum Gasteiger partial charge on any atom is -0.508 e. The van der Waals surface area contributed by atoms with E-state index in [4.69, 9.17) is 10.5 Å². The molecule has 16 heavy (non-hydrogen) atoms. The number of aliphatic hydroxyl groups excluding tert-OH is 1. The summed E-state index contributed by atoms with van der Waals surface area (Å²) in [5, 5.41) is 19.3. The van der Waals surface area contributed by atoms with Gasteiger partial charge in [0, 0.05) is 17.5 Å². The molecule has 1 aliphatic rings. The minimum atomic E-state index is -0.311. The van der Waals surface area contributed by atoms with Gasteiger partial charge in [-0.25, -0.2) is 0 Å². The van der Waals surface area contributed by atoms with Crippen molar-refractivity contribution in [2.24, 2.45) is 5.73 Å². The summed E-state index contributed by atoms with van der Waals surface area (Å²) in [6.07, 6.45) is 0.892. The highest BCUT2D eigenvalue weighted by atomic mass is 16.5. The van der Waals surface area contributed by atoms with E-state index in [1.807, 2.05) is 0 Å². The van der Waals surface area contributed by atoms with Gasteiger partial charge in [-0.15, -0.1) is 0 Å². The van der Waals surface area contributed by atoms with E-state index in [1.165, 1.54) is 0 Å². The lowest BCUT2D eigenvalue weighted by molar-refractivity contribution is 0.0210. The maximum absolute atomic E-state index is 9.86. The van der Waals surface area contributed by atoms with Gasteiger partial charge >= 0.3 is 0 Å². The molecule has 0 amide bonds. The van der Waals surface area contributed by atoms with Crippen molar-refractivity contribution in [3.8, 4) is 11.5 Å². The van der Waals surface area contributed by atoms with Crippen LogP contribution in [0.5, 0.6) is 11.5 Å². The van der Waals surface area contributed by atoms with Gasteiger partial charge in [0.2, 0.25) is 0 Å². The van der Waals surface area contributed by atoms with Crippen LogP contribution in [0.4, 0.5) is 0 Å². The van der Waals surface area contributed by atoms with Crippen molar-refractivity contribution in [2.45, 2.75) is 24.4 Å². The predicted molar refractivity (Wildman–Crippen MR) is 60.6 cm³/mol. The first-order chi connectivity index (χ1) is 7.61. The van der Waals surface area contributed by atoms with Crippen molar-refractivity contribution < 1.29 is 14.9 Å². The molecular weight excluding hydrogens is 206 g/mol. The van der Waals surface area contributed by atoms with E-state index in [0.29, 0.717) is 25.1 Å². The molecule has 88 valence electrons. The van der Waals surface area contributed by atoms with Gasteiger partial charge in [-0.3, -0.25) is 0 Å². The van der Waals surface area contributed by atoms with Crippen molar-refractivity contribution in [3.63, 3.8) is 0 Å². The maximum atomic E-state index is 9.86. The molecule has 4 heteroatoms. The van der Waals surface area contributed by atoms with Gasteiger partial charge in [0.1, 0.15) is 11.5 Å². The molecule has 0 bridgehead atoms. The molecule has 0 radical (unpaired) electrons. The molecule has 1 fully saturated rings. The molecule has 4 N–H and O–H groups in total. The molecule has 0 unspecified atom stereocenters. The van der Waals surface area contributed by atoms with Crippen LogP contribution in [0.2, 0.25) is 0 Å². The van der Waals surface area contributed by atoms with Crippen LogP contribution in [0.1, 0.15) is 18.4 Å². The first-order valence-electron chi connectivity index (χ1n) is 5.37. The normalized spacial score (nSPS) is 28.6. The van der Waals surface area contributed by atoms with E-state index in [0.717, 1.165) is 5.56 Å². The number of methoxy groups -OCH3 is 1. The SMILES string of the molecule is COc1ccc(O)c(C2(CN)CC(O)C2)c1. The first-order valence-corrected chi connectivity index (χ1v) is 5.37. The molecule has 0 aliphatic heterocycles. The van der Waals surface area contributed by atoms with Gasteiger partial charge in [-0.2, -0.15) is 0 Å². The van der Waals surface area contributed by atoms with Crippen molar-refractivity contribution in [1.82, 2.24) is 0 Å². The molecular formula is C12H17NO3. The average Bonchev–Trinajstić information content (AvgIpc) is 2.25. The number of phenols is 1. The highest BCUT2D eigenvalue weighted by molar-refractivity contribution is 5.46. The third-order valence-electron chi connectivity index (χ3n) is 3.42. The second-order valence-electron chi connectivity index (χ2n) is 4.43. The van der Waals surface area contributed by atoms with Gasteiger partial charge < -0.3 is 20.7 Å². The number of rotatable bonds is 3. The molecule has 2 rings (SSSR count). The number of aromatic hydroxyl groups is 1. The molecule has 0 aromatic heterocycles. The summed E-state index contributed by atoms with van der Waals surface area (Å²) >= 11 is 0. The predicted octanol–water partition coefficient (Wildman–Crippen LogP) is 0.752. The lowest BCUT2D eigenvalue weighted by Crippen LogP contribution is -2.49. The summed E-state index contributed by atoms with van der Waals surface area (Å²) < 4.78 is 5.13. The number of phenolic OH excluding ortho intramolecular Hbond substituents is 1. The Balaban J connectivity index is 2.38. The zero-order chi connectivity index (χ0) is 11.8. The third-order valence-corrected chi connectivity index (χ3v) is 3.42. The molecule has 4 nitrogen and oxygen atoms in total. The van der Waals surface area contributed by atoms with Crippen molar-refractivity contribution >= 4 is 0 Å². The third kappa shape index (κ3) is 1.64. The summed E-state index contributed by atoms with van der Waals surface area (Å²) in [5.74, 6) is 0.917. The average molecular weight is 223 g/mol. The van der Waals surface area contributed by atoms with Crippen LogP contribution in [-0.2, 0) is 5.41 Å². The number of benzene rings is 1. The topological polar surface area (TPSA) is 75.7 Å². The summed E-state index contributed by atoms with van der Waals surface area (Å²) in [4.78, 5) is 0. The van der Waals surface area contributed by atoms with Gasteiger partial charge in [0.05, 0.1) is 13.2 Å². The highest BCUT2D eigenvalue weighted by Crippen LogP contribution is 2.47. The van der Waals surface area contributed by atoms with Crippen LogP contribution < -0.4 is 10.5 Å². The molecule has 0 heterocycles. The number of aliphatic hydroxyl groups is 1. The summed E-state index contributed by atoms with van der Waals surface area (Å²) in [5.41, 5.74) is 6.24. The van der Waals surface area contributed by atoms with Crippen LogP contribution in [0.3, 0.4) is 0 Å². The second kappa shape index (κ2) is 3.96. The van der Waals surface area contributed by atoms with Crippen molar-refractivity contribution in [1.29, 1.82) is 0 Å². The molecule has 0 atom stereocenters. The van der Waals surface area contributed by atoms with Crippen LogP contribution in [0.25, 0.3) is 0 Å². The fourth-order valence-corrected chi connectivity index (χ4v) is 2.41. The number of hydrogen-bond donors (Lipinski definition) is 3.